The lowest BCUT2D eigenvalue weighted by Crippen LogP contribution is -2.57. The van der Waals surface area contributed by atoms with Gasteiger partial charge in [-0.3, -0.25) is 14.4 Å². The molecule has 3 N–H and O–H groups in total. The summed E-state index contributed by atoms with van der Waals surface area (Å²) in [5.41, 5.74) is 0.952. The van der Waals surface area contributed by atoms with E-state index in [2.05, 4.69) is 16.0 Å². The van der Waals surface area contributed by atoms with Crippen molar-refractivity contribution in [1.82, 2.24) is 5.32 Å². The number of rotatable bonds is 6. The van der Waals surface area contributed by atoms with Crippen LogP contribution in [0.2, 0.25) is 0 Å². The Morgan fingerprint density at radius 3 is 1.97 bits per heavy atom. The van der Waals surface area contributed by atoms with E-state index in [-0.39, 0.29) is 29.1 Å². The van der Waals surface area contributed by atoms with Crippen molar-refractivity contribution in [2.24, 2.45) is 29.1 Å². The molecular formula is C24H33N3O3. The molecule has 1 unspecified atom stereocenters. The summed E-state index contributed by atoms with van der Waals surface area (Å²) in [6, 6.07) is 6.46. The van der Waals surface area contributed by atoms with Crippen LogP contribution in [0.1, 0.15) is 59.3 Å². The molecule has 0 radical (unpaired) electrons. The molecule has 0 heterocycles. The van der Waals surface area contributed by atoms with Gasteiger partial charge in [-0.2, -0.15) is 0 Å². The monoisotopic (exact) mass is 411 g/mol. The smallest absolute Gasteiger partial charge is 0.247 e. The van der Waals surface area contributed by atoms with Crippen LogP contribution >= 0.6 is 0 Å². The molecule has 0 saturated heterocycles. The van der Waals surface area contributed by atoms with Crippen molar-refractivity contribution < 1.29 is 14.4 Å². The van der Waals surface area contributed by atoms with Crippen LogP contribution in [-0.2, 0) is 14.4 Å². The maximum Gasteiger partial charge on any atom is 0.247 e. The fourth-order valence-electron chi connectivity index (χ4n) is 6.32. The SMILES string of the molecule is CC(=O)Nc1cccc(NC(=O)C(NC(=O)C23CC4CC(CC(C4)C2)C3)C(C)C)c1. The number of benzene rings is 1. The van der Waals surface area contributed by atoms with Crippen LogP contribution in [-0.4, -0.2) is 23.8 Å². The van der Waals surface area contributed by atoms with E-state index in [1.807, 2.05) is 13.8 Å². The van der Waals surface area contributed by atoms with Gasteiger partial charge in [0.05, 0.1) is 0 Å². The molecule has 3 amide bonds. The summed E-state index contributed by atoms with van der Waals surface area (Å²) in [4.78, 5) is 37.7. The van der Waals surface area contributed by atoms with Gasteiger partial charge in [0, 0.05) is 23.7 Å². The van der Waals surface area contributed by atoms with Crippen molar-refractivity contribution in [1.29, 1.82) is 0 Å². The summed E-state index contributed by atoms with van der Waals surface area (Å²) >= 11 is 0. The number of hydrogen-bond acceptors (Lipinski definition) is 3. The van der Waals surface area contributed by atoms with Crippen LogP contribution in [0.5, 0.6) is 0 Å². The predicted molar refractivity (Wildman–Crippen MR) is 117 cm³/mol. The lowest BCUT2D eigenvalue weighted by Gasteiger charge is -2.55. The minimum absolute atomic E-state index is 0.0265. The van der Waals surface area contributed by atoms with E-state index in [1.165, 1.54) is 26.2 Å². The average molecular weight is 412 g/mol. The summed E-state index contributed by atoms with van der Waals surface area (Å²) in [7, 11) is 0. The highest BCUT2D eigenvalue weighted by atomic mass is 16.2. The van der Waals surface area contributed by atoms with Crippen LogP contribution in [0.3, 0.4) is 0 Å². The van der Waals surface area contributed by atoms with Crippen LogP contribution in [0.15, 0.2) is 24.3 Å². The molecule has 6 nitrogen and oxygen atoms in total. The summed E-state index contributed by atoms with van der Waals surface area (Å²) in [6.07, 6.45) is 6.80. The topological polar surface area (TPSA) is 87.3 Å². The van der Waals surface area contributed by atoms with Gasteiger partial charge in [-0.1, -0.05) is 19.9 Å². The molecule has 6 heteroatoms. The standard InChI is InChI=1S/C24H33N3O3/c1-14(2)21(22(29)26-20-6-4-5-19(10-20)25-15(3)28)27-23(30)24-11-16-7-17(12-24)9-18(8-16)13-24/h4-6,10,14,16-18,21H,7-9,11-13H2,1-3H3,(H,25,28)(H,26,29)(H,27,30). The van der Waals surface area contributed by atoms with Gasteiger partial charge in [-0.15, -0.1) is 0 Å². The van der Waals surface area contributed by atoms with Gasteiger partial charge in [0.2, 0.25) is 17.7 Å². The molecule has 162 valence electrons. The van der Waals surface area contributed by atoms with Crippen molar-refractivity contribution in [3.8, 4) is 0 Å². The van der Waals surface area contributed by atoms with E-state index in [1.54, 1.807) is 24.3 Å². The Morgan fingerprint density at radius 2 is 1.47 bits per heavy atom. The van der Waals surface area contributed by atoms with E-state index in [4.69, 9.17) is 0 Å². The summed E-state index contributed by atoms with van der Waals surface area (Å²) in [5.74, 6) is 1.72. The Balaban J connectivity index is 1.44. The zero-order valence-corrected chi connectivity index (χ0v) is 18.2. The van der Waals surface area contributed by atoms with Gasteiger partial charge in [0.15, 0.2) is 0 Å². The second-order valence-electron chi connectivity index (χ2n) is 10.1. The summed E-state index contributed by atoms with van der Waals surface area (Å²) in [6.45, 7) is 5.36. The van der Waals surface area contributed by atoms with Crippen molar-refractivity contribution >= 4 is 29.1 Å². The van der Waals surface area contributed by atoms with Crippen molar-refractivity contribution in [2.45, 2.75) is 65.3 Å². The van der Waals surface area contributed by atoms with Crippen molar-refractivity contribution in [3.05, 3.63) is 24.3 Å². The second kappa shape index (κ2) is 8.05. The molecule has 1 aromatic rings. The van der Waals surface area contributed by atoms with Gasteiger partial charge in [-0.25, -0.2) is 0 Å². The van der Waals surface area contributed by atoms with Gasteiger partial charge < -0.3 is 16.0 Å². The first-order chi connectivity index (χ1) is 14.2. The molecule has 30 heavy (non-hydrogen) atoms. The first-order valence-electron chi connectivity index (χ1n) is 11.2. The van der Waals surface area contributed by atoms with Gasteiger partial charge in [-0.05, 0) is 80.4 Å². The number of hydrogen-bond donors (Lipinski definition) is 3. The van der Waals surface area contributed by atoms with Crippen LogP contribution in [0.4, 0.5) is 11.4 Å². The van der Waals surface area contributed by atoms with Gasteiger partial charge in [0.1, 0.15) is 6.04 Å². The Morgan fingerprint density at radius 1 is 0.933 bits per heavy atom. The number of anilines is 2. The second-order valence-corrected chi connectivity index (χ2v) is 10.1. The number of amides is 3. The molecule has 4 fully saturated rings. The van der Waals surface area contributed by atoms with E-state index < -0.39 is 6.04 Å². The van der Waals surface area contributed by atoms with Crippen molar-refractivity contribution in [3.63, 3.8) is 0 Å². The molecule has 0 aromatic heterocycles. The minimum Gasteiger partial charge on any atom is -0.344 e. The first kappa shape index (κ1) is 20.9. The zero-order chi connectivity index (χ0) is 21.5. The maximum atomic E-state index is 13.4. The Hall–Kier alpha value is -2.37. The highest BCUT2D eigenvalue weighted by Crippen LogP contribution is 2.60. The minimum atomic E-state index is -0.588. The molecule has 5 rings (SSSR count). The molecule has 1 atom stereocenters. The Kier molecular flexibility index (Phi) is 5.60. The molecule has 4 aliphatic carbocycles. The maximum absolute atomic E-state index is 13.4. The van der Waals surface area contributed by atoms with Crippen LogP contribution in [0.25, 0.3) is 0 Å². The highest BCUT2D eigenvalue weighted by molar-refractivity contribution is 5.99. The highest BCUT2D eigenvalue weighted by Gasteiger charge is 2.55. The third kappa shape index (κ3) is 4.23. The number of carbonyl (C=O) groups excluding carboxylic acids is 3. The number of nitrogens with one attached hydrogen (secondary N) is 3. The Labute approximate surface area is 178 Å². The molecule has 0 aliphatic heterocycles. The van der Waals surface area contributed by atoms with Crippen molar-refractivity contribution in [2.75, 3.05) is 10.6 Å². The number of carbonyl (C=O) groups is 3. The quantitative estimate of drug-likeness (QED) is 0.663. The van der Waals surface area contributed by atoms with E-state index in [0.29, 0.717) is 29.1 Å². The van der Waals surface area contributed by atoms with E-state index in [9.17, 15) is 14.4 Å². The fraction of sp³-hybridized carbons (Fsp3) is 0.625. The lowest BCUT2D eigenvalue weighted by atomic mass is 9.49. The molecule has 4 saturated carbocycles. The lowest BCUT2D eigenvalue weighted by molar-refractivity contribution is -0.148. The molecule has 4 aliphatic rings. The average Bonchev–Trinajstić information content (AvgIpc) is 2.64. The third-order valence-corrected chi connectivity index (χ3v) is 7.21. The molecule has 1 aromatic carbocycles. The van der Waals surface area contributed by atoms with Gasteiger partial charge in [0.25, 0.3) is 0 Å². The van der Waals surface area contributed by atoms with Gasteiger partial charge >= 0.3 is 0 Å². The van der Waals surface area contributed by atoms with Crippen LogP contribution < -0.4 is 16.0 Å². The normalized spacial score (nSPS) is 30.1. The fourth-order valence-corrected chi connectivity index (χ4v) is 6.32. The third-order valence-electron chi connectivity index (χ3n) is 7.21. The Bertz CT molecular complexity index is 813. The molecule has 0 spiro atoms. The van der Waals surface area contributed by atoms with E-state index >= 15 is 0 Å². The molecular weight excluding hydrogens is 378 g/mol. The largest absolute Gasteiger partial charge is 0.344 e. The van der Waals surface area contributed by atoms with Crippen LogP contribution in [0, 0.1) is 29.1 Å². The molecule has 4 bridgehead atoms. The summed E-state index contributed by atoms with van der Waals surface area (Å²) in [5, 5.41) is 8.75. The van der Waals surface area contributed by atoms with E-state index in [0.717, 1.165) is 19.3 Å². The first-order valence-corrected chi connectivity index (χ1v) is 11.2. The predicted octanol–water partition coefficient (Wildman–Crippen LogP) is 3.94. The summed E-state index contributed by atoms with van der Waals surface area (Å²) < 4.78 is 0. The zero-order valence-electron chi connectivity index (χ0n) is 18.2.